The summed E-state index contributed by atoms with van der Waals surface area (Å²) in [4.78, 5) is 23.9. The third kappa shape index (κ3) is 3.49. The molecule has 6 nitrogen and oxygen atoms in total. The minimum Gasteiger partial charge on any atom is -0.477 e. The van der Waals surface area contributed by atoms with Gasteiger partial charge in [0, 0.05) is 22.8 Å². The number of nitrogens with zero attached hydrogens (tertiary/aromatic N) is 3. The fraction of sp³-hybridized carbons (Fsp3) is 0.0667. The summed E-state index contributed by atoms with van der Waals surface area (Å²) in [5, 5.41) is 14.8. The lowest BCUT2D eigenvalue weighted by Crippen LogP contribution is -2.07. The maximum Gasteiger partial charge on any atom is 0.341 e. The third-order valence-electron chi connectivity index (χ3n) is 3.03. The Kier molecular flexibility index (Phi) is 4.54. The highest BCUT2D eigenvalue weighted by atomic mass is 32.2. The zero-order chi connectivity index (χ0) is 16.2. The molecule has 0 aliphatic heterocycles. The van der Waals surface area contributed by atoms with Crippen LogP contribution >= 0.6 is 23.1 Å². The number of hydrogen-bond donors (Lipinski definition) is 2. The molecule has 8 heteroatoms. The molecule has 0 saturated carbocycles. The normalized spacial score (nSPS) is 10.5. The second-order valence-electron chi connectivity index (χ2n) is 4.50. The van der Waals surface area contributed by atoms with Gasteiger partial charge in [-0.3, -0.25) is 0 Å². The number of thiazole rings is 1. The second-order valence-corrected chi connectivity index (χ2v) is 6.00. The molecular weight excluding hydrogens is 332 g/mol. The summed E-state index contributed by atoms with van der Waals surface area (Å²) in [5.41, 5.74) is 4.37. The summed E-state index contributed by atoms with van der Waals surface area (Å²) in [5.74, 6) is -0.803. The Labute approximate surface area is 140 Å². The van der Waals surface area contributed by atoms with Crippen molar-refractivity contribution in [2.45, 2.75) is 5.16 Å². The van der Waals surface area contributed by atoms with Crippen LogP contribution in [0, 0.1) is 0 Å². The van der Waals surface area contributed by atoms with Gasteiger partial charge in [0.1, 0.15) is 11.4 Å². The predicted molar refractivity (Wildman–Crippen MR) is 91.6 cm³/mol. The number of aromatic nitrogens is 3. The number of nitrogens with one attached hydrogen (secondary N) is 1. The Morgan fingerprint density at radius 1 is 1.35 bits per heavy atom. The number of anilines is 2. The molecule has 2 heterocycles. The molecule has 0 saturated heterocycles. The zero-order valence-corrected chi connectivity index (χ0v) is 13.7. The zero-order valence-electron chi connectivity index (χ0n) is 12.1. The Morgan fingerprint density at radius 3 is 2.91 bits per heavy atom. The summed E-state index contributed by atoms with van der Waals surface area (Å²) in [6.45, 7) is 0. The molecule has 0 amide bonds. The molecule has 0 spiro atoms. The average Bonchev–Trinajstić information content (AvgIpc) is 3.09. The number of carbonyl (C=O) groups is 1. The lowest BCUT2D eigenvalue weighted by Gasteiger charge is -2.10. The smallest absolute Gasteiger partial charge is 0.341 e. The van der Waals surface area contributed by atoms with Crippen LogP contribution in [0.5, 0.6) is 0 Å². The van der Waals surface area contributed by atoms with Crippen LogP contribution < -0.4 is 5.32 Å². The molecule has 1 aromatic carbocycles. The average molecular weight is 344 g/mol. The van der Waals surface area contributed by atoms with Crippen molar-refractivity contribution in [3.63, 3.8) is 0 Å². The van der Waals surface area contributed by atoms with E-state index in [1.165, 1.54) is 29.3 Å². The maximum absolute atomic E-state index is 11.3. The van der Waals surface area contributed by atoms with E-state index in [9.17, 15) is 9.90 Å². The number of rotatable bonds is 5. The molecule has 0 aliphatic carbocycles. The molecule has 0 fully saturated rings. The van der Waals surface area contributed by atoms with E-state index >= 15 is 0 Å². The quantitative estimate of drug-likeness (QED) is 0.538. The van der Waals surface area contributed by atoms with Gasteiger partial charge in [0.25, 0.3) is 0 Å². The fourth-order valence-electron chi connectivity index (χ4n) is 1.96. The van der Waals surface area contributed by atoms with Gasteiger partial charge in [-0.1, -0.05) is 23.9 Å². The van der Waals surface area contributed by atoms with Crippen molar-refractivity contribution in [1.82, 2.24) is 15.0 Å². The Balaban J connectivity index is 1.96. The lowest BCUT2D eigenvalue weighted by molar-refractivity contribution is 0.0697. The molecule has 116 valence electrons. The van der Waals surface area contributed by atoms with E-state index in [-0.39, 0.29) is 11.4 Å². The van der Waals surface area contributed by atoms with Crippen LogP contribution in [0.1, 0.15) is 10.4 Å². The first-order valence-electron chi connectivity index (χ1n) is 6.57. The van der Waals surface area contributed by atoms with Gasteiger partial charge in [-0.25, -0.2) is 19.7 Å². The number of thioether (sulfide) groups is 1. The van der Waals surface area contributed by atoms with Crippen LogP contribution in [0.15, 0.2) is 46.5 Å². The summed E-state index contributed by atoms with van der Waals surface area (Å²) >= 11 is 2.87. The van der Waals surface area contributed by atoms with E-state index in [1.54, 1.807) is 5.51 Å². The van der Waals surface area contributed by atoms with Crippen molar-refractivity contribution >= 4 is 40.6 Å². The highest BCUT2D eigenvalue weighted by molar-refractivity contribution is 7.98. The topological polar surface area (TPSA) is 88.0 Å². The molecule has 23 heavy (non-hydrogen) atoms. The van der Waals surface area contributed by atoms with Crippen LogP contribution in [-0.4, -0.2) is 32.3 Å². The van der Waals surface area contributed by atoms with Crippen molar-refractivity contribution in [2.24, 2.45) is 0 Å². The van der Waals surface area contributed by atoms with Gasteiger partial charge in [0.05, 0.1) is 11.2 Å². The highest BCUT2D eigenvalue weighted by Crippen LogP contribution is 2.26. The van der Waals surface area contributed by atoms with Crippen LogP contribution in [0.25, 0.3) is 11.3 Å². The van der Waals surface area contributed by atoms with E-state index in [2.05, 4.69) is 20.3 Å². The number of benzene rings is 1. The summed E-state index contributed by atoms with van der Waals surface area (Å²) in [6.07, 6.45) is 3.15. The first-order chi connectivity index (χ1) is 11.2. The van der Waals surface area contributed by atoms with E-state index in [0.29, 0.717) is 5.16 Å². The van der Waals surface area contributed by atoms with Gasteiger partial charge in [-0.2, -0.15) is 0 Å². The molecule has 3 aromatic rings. The molecule has 0 atom stereocenters. The molecular formula is C15H12N4O2S2. The first-order valence-corrected chi connectivity index (χ1v) is 8.74. The maximum atomic E-state index is 11.3. The van der Waals surface area contributed by atoms with Crippen molar-refractivity contribution in [1.29, 1.82) is 0 Å². The summed E-state index contributed by atoms with van der Waals surface area (Å²) < 4.78 is 0. The Morgan fingerprint density at radius 2 is 2.22 bits per heavy atom. The van der Waals surface area contributed by atoms with Crippen LogP contribution in [-0.2, 0) is 0 Å². The van der Waals surface area contributed by atoms with Crippen LogP contribution in [0.3, 0.4) is 0 Å². The van der Waals surface area contributed by atoms with E-state index in [0.717, 1.165) is 16.9 Å². The molecule has 0 aliphatic rings. The van der Waals surface area contributed by atoms with Gasteiger partial charge in [-0.15, -0.1) is 11.3 Å². The van der Waals surface area contributed by atoms with E-state index in [1.807, 2.05) is 35.9 Å². The lowest BCUT2D eigenvalue weighted by atomic mass is 10.1. The Hall–Kier alpha value is -2.45. The molecule has 2 aromatic heterocycles. The van der Waals surface area contributed by atoms with Crippen LogP contribution in [0.4, 0.5) is 11.5 Å². The van der Waals surface area contributed by atoms with Crippen LogP contribution in [0.2, 0.25) is 0 Å². The minimum atomic E-state index is -1.07. The monoisotopic (exact) mass is 344 g/mol. The first kappa shape index (κ1) is 15.4. The highest BCUT2D eigenvalue weighted by Gasteiger charge is 2.14. The van der Waals surface area contributed by atoms with Gasteiger partial charge in [0.2, 0.25) is 0 Å². The fourth-order valence-corrected chi connectivity index (χ4v) is 2.87. The number of hydrogen-bond acceptors (Lipinski definition) is 7. The van der Waals surface area contributed by atoms with Crippen molar-refractivity contribution < 1.29 is 9.90 Å². The minimum absolute atomic E-state index is 0.0295. The molecule has 0 unspecified atom stereocenters. The SMILES string of the molecule is CSc1ncc(C(=O)O)c(Nc2cccc(-c3cscn3)c2)n1. The Bertz CT molecular complexity index is 837. The number of aromatic carboxylic acids is 1. The van der Waals surface area contributed by atoms with Gasteiger partial charge in [0.15, 0.2) is 5.16 Å². The summed E-state index contributed by atoms with van der Waals surface area (Å²) in [7, 11) is 0. The molecule has 0 radical (unpaired) electrons. The number of carboxylic acids is 1. The molecule has 3 rings (SSSR count). The van der Waals surface area contributed by atoms with Crippen molar-refractivity contribution in [3.8, 4) is 11.3 Å². The second kappa shape index (κ2) is 6.76. The summed E-state index contributed by atoms with van der Waals surface area (Å²) in [6, 6.07) is 7.59. The molecule has 2 N–H and O–H groups in total. The largest absolute Gasteiger partial charge is 0.477 e. The van der Waals surface area contributed by atoms with Crippen molar-refractivity contribution in [3.05, 3.63) is 46.9 Å². The molecule has 0 bridgehead atoms. The number of carboxylic acid groups (broad SMARTS) is 1. The van der Waals surface area contributed by atoms with Gasteiger partial charge >= 0.3 is 5.97 Å². The standard InChI is InChI=1S/C15H12N4O2S2/c1-22-15-16-6-11(14(20)21)13(19-15)18-10-4-2-3-9(5-10)12-7-23-8-17-12/h2-8H,1H3,(H,20,21)(H,16,18,19). The predicted octanol–water partition coefficient (Wildman–Crippen LogP) is 3.76. The van der Waals surface area contributed by atoms with E-state index < -0.39 is 5.97 Å². The van der Waals surface area contributed by atoms with E-state index in [4.69, 9.17) is 0 Å². The van der Waals surface area contributed by atoms with Crippen molar-refractivity contribution in [2.75, 3.05) is 11.6 Å². The third-order valence-corrected chi connectivity index (χ3v) is 4.18. The van der Waals surface area contributed by atoms with Gasteiger partial charge < -0.3 is 10.4 Å². The van der Waals surface area contributed by atoms with Gasteiger partial charge in [-0.05, 0) is 18.4 Å².